The van der Waals surface area contributed by atoms with E-state index in [9.17, 15) is 9.59 Å². The van der Waals surface area contributed by atoms with Gasteiger partial charge in [0.2, 0.25) is 5.91 Å². The summed E-state index contributed by atoms with van der Waals surface area (Å²) in [7, 11) is 0. The highest BCUT2D eigenvalue weighted by molar-refractivity contribution is 7.98. The van der Waals surface area contributed by atoms with Crippen molar-refractivity contribution in [3.05, 3.63) is 36.2 Å². The zero-order valence-corrected chi connectivity index (χ0v) is 31.1. The van der Waals surface area contributed by atoms with Crippen LogP contribution in [0.25, 0.3) is 0 Å². The Labute approximate surface area is 286 Å². The number of rotatable bonds is 14. The number of fused-ring (bicyclic) bond motifs is 5. The van der Waals surface area contributed by atoms with E-state index in [1.54, 1.807) is 0 Å². The van der Waals surface area contributed by atoms with Crippen molar-refractivity contribution < 1.29 is 9.59 Å². The van der Waals surface area contributed by atoms with Crippen molar-refractivity contribution in [2.75, 3.05) is 0 Å². The van der Waals surface area contributed by atoms with Crippen LogP contribution in [-0.2, 0) is 9.59 Å². The first-order chi connectivity index (χ1) is 22.1. The van der Waals surface area contributed by atoms with Gasteiger partial charge in [-0.1, -0.05) is 98.1 Å². The molecule has 4 saturated carbocycles. The molecule has 0 radical (unpaired) electrons. The number of unbranched alkanes of at least 4 members (excludes halogenated alkanes) is 8. The Morgan fingerprint density at radius 2 is 1.57 bits per heavy atom. The SMILES string of the molecule is CCCCCCCCCCCC(=O)N(SC(C)C)C1CC[C@H]2[C@@H]3CC[C@H]4C(C)(C5=CC=CC=CN5)C(=O)CC[C@]4(C)[C@H]3CC[C@]12C. The smallest absolute Gasteiger partial charge is 0.232 e. The predicted molar refractivity (Wildman–Crippen MR) is 195 cm³/mol. The number of ketones is 1. The van der Waals surface area contributed by atoms with E-state index in [0.29, 0.717) is 59.5 Å². The summed E-state index contributed by atoms with van der Waals surface area (Å²) in [4.78, 5) is 27.7. The van der Waals surface area contributed by atoms with E-state index in [1.807, 2.05) is 30.3 Å². The molecule has 1 N–H and O–H groups in total. The maximum Gasteiger partial charge on any atom is 0.232 e. The maximum absolute atomic E-state index is 13.9. The third-order valence-electron chi connectivity index (χ3n) is 13.7. The summed E-state index contributed by atoms with van der Waals surface area (Å²) in [5.74, 6) is 3.22. The van der Waals surface area contributed by atoms with Crippen molar-refractivity contribution in [3.8, 4) is 0 Å². The fourth-order valence-electron chi connectivity index (χ4n) is 11.3. The van der Waals surface area contributed by atoms with E-state index >= 15 is 0 Å². The van der Waals surface area contributed by atoms with Gasteiger partial charge in [-0.3, -0.25) is 13.9 Å². The van der Waals surface area contributed by atoms with Crippen molar-refractivity contribution >= 4 is 23.6 Å². The number of hydrogen-bond donors (Lipinski definition) is 1. The monoisotopic (exact) mass is 650 g/mol. The normalized spacial score (nSPS) is 36.8. The molecule has 46 heavy (non-hydrogen) atoms. The van der Waals surface area contributed by atoms with Gasteiger partial charge in [-0.25, -0.2) is 0 Å². The molecule has 0 aromatic rings. The number of nitrogens with zero attached hydrogens (tertiary/aromatic N) is 1. The van der Waals surface area contributed by atoms with Crippen LogP contribution in [0.1, 0.15) is 157 Å². The molecule has 1 heterocycles. The standard InChI is InChI=1S/C41H66N2O2S/c1-7-8-9-10-11-12-13-14-17-20-38(45)43(46-30(2)3)36-24-22-32-31-21-23-34-39(4,33(31)25-27-40(32,36)5)28-26-37(44)41(34,6)35-19-16-15-18-29-42-35/h15-16,18-19,29-34,36,42H,7-14,17,20-28H2,1-6H3/t31-,32-,33-,34+,36?,39+,40-,41?/m0/s1. The number of nitrogens with one attached hydrogen (secondary N) is 1. The molecule has 2 unspecified atom stereocenters. The molecule has 0 saturated heterocycles. The lowest BCUT2D eigenvalue weighted by Crippen LogP contribution is -2.61. The second-order valence-corrected chi connectivity index (χ2v) is 18.2. The highest BCUT2D eigenvalue weighted by Gasteiger charge is 2.65. The Bertz CT molecular complexity index is 1160. The summed E-state index contributed by atoms with van der Waals surface area (Å²) in [6, 6.07) is 0.347. The van der Waals surface area contributed by atoms with Crippen LogP contribution in [0, 0.1) is 39.9 Å². The minimum atomic E-state index is -0.456. The maximum atomic E-state index is 13.9. The third-order valence-corrected chi connectivity index (χ3v) is 14.8. The average molecular weight is 651 g/mol. The van der Waals surface area contributed by atoms with E-state index in [1.165, 1.54) is 77.0 Å². The molecule has 4 nitrogen and oxygen atoms in total. The molecule has 8 atom stereocenters. The summed E-state index contributed by atoms with van der Waals surface area (Å²) in [6.07, 6.45) is 31.6. The van der Waals surface area contributed by atoms with E-state index in [-0.39, 0.29) is 10.8 Å². The topological polar surface area (TPSA) is 49.4 Å². The van der Waals surface area contributed by atoms with Crippen LogP contribution in [0.5, 0.6) is 0 Å². The number of Topliss-reactive ketones (excluding diaryl/α,β-unsaturated/α-hetero) is 1. The van der Waals surface area contributed by atoms with Crippen molar-refractivity contribution in [2.24, 2.45) is 39.9 Å². The highest BCUT2D eigenvalue weighted by atomic mass is 32.2. The minimum absolute atomic E-state index is 0.172. The molecule has 5 aliphatic rings. The Hall–Kier alpha value is -1.49. The first-order valence-electron chi connectivity index (χ1n) is 19.4. The fourth-order valence-corrected chi connectivity index (χ4v) is 12.5. The number of carbonyl (C=O) groups is 2. The van der Waals surface area contributed by atoms with Gasteiger partial charge in [-0.05, 0) is 117 Å². The summed E-state index contributed by atoms with van der Waals surface area (Å²) in [5.41, 5.74) is 0.994. The Kier molecular flexibility index (Phi) is 12.0. The zero-order valence-electron chi connectivity index (χ0n) is 30.3. The van der Waals surface area contributed by atoms with Gasteiger partial charge in [0.05, 0.1) is 5.41 Å². The van der Waals surface area contributed by atoms with Crippen LogP contribution >= 0.6 is 11.9 Å². The van der Waals surface area contributed by atoms with Gasteiger partial charge in [-0.2, -0.15) is 0 Å². The molecule has 1 aliphatic heterocycles. The lowest BCUT2D eigenvalue weighted by Gasteiger charge is -2.64. The van der Waals surface area contributed by atoms with E-state index in [4.69, 9.17) is 0 Å². The highest BCUT2D eigenvalue weighted by Crippen LogP contribution is 2.69. The average Bonchev–Trinajstić information content (AvgIpc) is 3.17. The molecule has 5 heteroatoms. The minimum Gasteiger partial charge on any atom is -0.364 e. The first kappa shape index (κ1) is 35.8. The first-order valence-corrected chi connectivity index (χ1v) is 20.2. The number of hydrogen-bond acceptors (Lipinski definition) is 4. The molecule has 4 aliphatic carbocycles. The lowest BCUT2D eigenvalue weighted by molar-refractivity contribution is -0.162. The van der Waals surface area contributed by atoms with Gasteiger partial charge >= 0.3 is 0 Å². The molecule has 4 fully saturated rings. The quantitative estimate of drug-likeness (QED) is 0.150. The molecule has 1 amide bonds. The number of allylic oxidation sites excluding steroid dienone is 5. The molecular weight excluding hydrogens is 585 g/mol. The lowest BCUT2D eigenvalue weighted by atomic mass is 9.41. The Morgan fingerprint density at radius 1 is 0.870 bits per heavy atom. The van der Waals surface area contributed by atoms with Crippen LogP contribution in [0.4, 0.5) is 0 Å². The summed E-state index contributed by atoms with van der Waals surface area (Å²) >= 11 is 1.83. The van der Waals surface area contributed by atoms with Gasteiger partial charge in [0, 0.05) is 36.0 Å². The van der Waals surface area contributed by atoms with Crippen molar-refractivity contribution in [1.29, 1.82) is 0 Å². The van der Waals surface area contributed by atoms with Gasteiger partial charge in [0.15, 0.2) is 0 Å². The third kappa shape index (κ3) is 6.97. The van der Waals surface area contributed by atoms with E-state index in [0.717, 1.165) is 31.4 Å². The molecule has 5 rings (SSSR count). The Morgan fingerprint density at radius 3 is 2.28 bits per heavy atom. The molecule has 0 spiro atoms. The van der Waals surface area contributed by atoms with Gasteiger partial charge in [-0.15, -0.1) is 0 Å². The van der Waals surface area contributed by atoms with Crippen molar-refractivity contribution in [3.63, 3.8) is 0 Å². The molecular formula is C41H66N2O2S. The molecule has 0 aromatic carbocycles. The Balaban J connectivity index is 1.26. The van der Waals surface area contributed by atoms with Gasteiger partial charge < -0.3 is 5.32 Å². The van der Waals surface area contributed by atoms with Crippen LogP contribution in [-0.4, -0.2) is 27.3 Å². The van der Waals surface area contributed by atoms with Gasteiger partial charge in [0.25, 0.3) is 0 Å². The van der Waals surface area contributed by atoms with E-state index in [2.05, 4.69) is 63.3 Å². The van der Waals surface area contributed by atoms with Crippen LogP contribution in [0.15, 0.2) is 36.2 Å². The van der Waals surface area contributed by atoms with Crippen molar-refractivity contribution in [2.45, 2.75) is 168 Å². The van der Waals surface area contributed by atoms with Crippen LogP contribution < -0.4 is 5.32 Å². The number of carbonyl (C=O) groups excluding carboxylic acids is 2. The molecule has 258 valence electrons. The predicted octanol–water partition coefficient (Wildman–Crippen LogP) is 10.9. The van der Waals surface area contributed by atoms with Crippen LogP contribution in [0.2, 0.25) is 0 Å². The largest absolute Gasteiger partial charge is 0.364 e. The van der Waals surface area contributed by atoms with Crippen molar-refractivity contribution in [1.82, 2.24) is 9.62 Å². The molecule has 0 bridgehead atoms. The fraction of sp³-hybridized carbons (Fsp3) is 0.805. The zero-order chi connectivity index (χ0) is 33.0. The number of amides is 1. The second-order valence-electron chi connectivity index (χ2n) is 16.7. The summed E-state index contributed by atoms with van der Waals surface area (Å²) < 4.78 is 2.31. The van der Waals surface area contributed by atoms with Gasteiger partial charge in [0.1, 0.15) is 5.78 Å². The molecule has 0 aromatic heterocycles. The van der Waals surface area contributed by atoms with E-state index < -0.39 is 5.41 Å². The second kappa shape index (κ2) is 15.4. The van der Waals surface area contributed by atoms with Crippen LogP contribution in [0.3, 0.4) is 0 Å². The summed E-state index contributed by atoms with van der Waals surface area (Å²) in [6.45, 7) is 14.2. The summed E-state index contributed by atoms with van der Waals surface area (Å²) in [5, 5.41) is 3.93.